The number of guanidine groups is 1. The van der Waals surface area contributed by atoms with E-state index in [0.717, 1.165) is 51.8 Å². The van der Waals surface area contributed by atoms with Gasteiger partial charge >= 0.3 is 0 Å². The minimum absolute atomic E-state index is 0.171. The van der Waals surface area contributed by atoms with Crippen molar-refractivity contribution in [2.45, 2.75) is 33.3 Å². The fourth-order valence-corrected chi connectivity index (χ4v) is 2.29. The lowest BCUT2D eigenvalue weighted by Crippen LogP contribution is -2.50. The topological polar surface area (TPSA) is 69.2 Å². The van der Waals surface area contributed by atoms with Crippen LogP contribution >= 0.6 is 0 Å². The summed E-state index contributed by atoms with van der Waals surface area (Å²) in [4.78, 5) is 20.2. The molecule has 1 heterocycles. The van der Waals surface area contributed by atoms with E-state index in [4.69, 9.17) is 4.74 Å². The van der Waals surface area contributed by atoms with Crippen LogP contribution in [0.25, 0.3) is 0 Å². The van der Waals surface area contributed by atoms with E-state index in [1.807, 2.05) is 18.7 Å². The summed E-state index contributed by atoms with van der Waals surface area (Å²) in [5, 5.41) is 6.61. The second-order valence-electron chi connectivity index (χ2n) is 6.43. The van der Waals surface area contributed by atoms with Crippen LogP contribution in [0.5, 0.6) is 0 Å². The third-order valence-corrected chi connectivity index (χ3v) is 4.05. The number of methoxy groups -OCH3 is 1. The van der Waals surface area contributed by atoms with E-state index in [0.29, 0.717) is 6.54 Å². The minimum Gasteiger partial charge on any atom is -0.377 e. The molecule has 0 aromatic rings. The van der Waals surface area contributed by atoms with Crippen LogP contribution in [0.4, 0.5) is 0 Å². The molecule has 1 aliphatic heterocycles. The lowest BCUT2D eigenvalue weighted by atomic mass is 10.1. The Labute approximate surface area is 140 Å². The van der Waals surface area contributed by atoms with Crippen LogP contribution in [0.3, 0.4) is 0 Å². The van der Waals surface area contributed by atoms with Crippen LogP contribution in [0.15, 0.2) is 4.99 Å². The van der Waals surface area contributed by atoms with Gasteiger partial charge in [-0.15, -0.1) is 0 Å². The maximum atomic E-state index is 11.3. The first-order chi connectivity index (χ1) is 10.9. The molecule has 0 atom stereocenters. The maximum Gasteiger partial charge on any atom is 0.219 e. The molecule has 1 aliphatic rings. The first-order valence-corrected chi connectivity index (χ1v) is 8.43. The van der Waals surface area contributed by atoms with E-state index in [-0.39, 0.29) is 11.5 Å². The number of piperazine rings is 1. The molecule has 0 aromatic heterocycles. The fourth-order valence-electron chi connectivity index (χ4n) is 2.29. The van der Waals surface area contributed by atoms with Crippen LogP contribution in [0.1, 0.15) is 27.7 Å². The molecule has 1 fully saturated rings. The van der Waals surface area contributed by atoms with Gasteiger partial charge in [-0.1, -0.05) is 0 Å². The number of carbonyl (C=O) groups is 1. The number of amides is 1. The Balaban J connectivity index is 2.33. The quantitative estimate of drug-likeness (QED) is 0.514. The van der Waals surface area contributed by atoms with Gasteiger partial charge in [-0.05, 0) is 20.8 Å². The fraction of sp³-hybridized carbons (Fsp3) is 0.875. The lowest BCUT2D eigenvalue weighted by molar-refractivity contribution is -0.130. The number of rotatable bonds is 7. The standard InChI is InChI=1S/C16H33N5O2/c1-6-17-15(19-13-16(3,4)23-5)18-7-8-20-9-11-21(12-10-20)14(2)22/h6-13H2,1-5H3,(H2,17,18,19). The molecule has 0 spiro atoms. The van der Waals surface area contributed by atoms with Crippen molar-refractivity contribution in [3.63, 3.8) is 0 Å². The molecule has 7 heteroatoms. The maximum absolute atomic E-state index is 11.3. The molecule has 1 saturated heterocycles. The summed E-state index contributed by atoms with van der Waals surface area (Å²) >= 11 is 0. The Hall–Kier alpha value is -1.34. The van der Waals surface area contributed by atoms with Crippen LogP contribution in [0.2, 0.25) is 0 Å². The van der Waals surface area contributed by atoms with Gasteiger partial charge in [0.1, 0.15) is 0 Å². The smallest absolute Gasteiger partial charge is 0.219 e. The Bertz CT molecular complexity index is 390. The number of carbonyl (C=O) groups excluding carboxylic acids is 1. The van der Waals surface area contributed by atoms with Crippen molar-refractivity contribution >= 4 is 11.9 Å². The van der Waals surface area contributed by atoms with E-state index in [1.165, 1.54) is 0 Å². The van der Waals surface area contributed by atoms with Crippen molar-refractivity contribution < 1.29 is 9.53 Å². The van der Waals surface area contributed by atoms with Gasteiger partial charge in [0.15, 0.2) is 5.96 Å². The van der Waals surface area contributed by atoms with E-state index in [1.54, 1.807) is 14.0 Å². The predicted molar refractivity (Wildman–Crippen MR) is 93.8 cm³/mol. The normalized spacial score (nSPS) is 17.3. The Morgan fingerprint density at radius 2 is 1.87 bits per heavy atom. The summed E-state index contributed by atoms with van der Waals surface area (Å²) in [5.41, 5.74) is -0.259. The number of aliphatic imine (C=N–C) groups is 1. The molecular weight excluding hydrogens is 294 g/mol. The Kier molecular flexibility index (Phi) is 8.33. The number of hydrogen-bond donors (Lipinski definition) is 2. The molecule has 0 aliphatic carbocycles. The molecule has 23 heavy (non-hydrogen) atoms. The van der Waals surface area contributed by atoms with Gasteiger partial charge < -0.3 is 20.3 Å². The number of nitrogens with zero attached hydrogens (tertiary/aromatic N) is 3. The Morgan fingerprint density at radius 1 is 1.22 bits per heavy atom. The van der Waals surface area contributed by atoms with Gasteiger partial charge in [-0.25, -0.2) is 0 Å². The molecule has 0 radical (unpaired) electrons. The van der Waals surface area contributed by atoms with Crippen LogP contribution in [-0.4, -0.2) is 86.7 Å². The van der Waals surface area contributed by atoms with Gasteiger partial charge in [0, 0.05) is 59.8 Å². The molecule has 2 N–H and O–H groups in total. The minimum atomic E-state index is -0.259. The molecule has 0 saturated carbocycles. The van der Waals surface area contributed by atoms with E-state index in [2.05, 4.69) is 27.4 Å². The van der Waals surface area contributed by atoms with Gasteiger partial charge in [-0.2, -0.15) is 0 Å². The third kappa shape index (κ3) is 7.65. The van der Waals surface area contributed by atoms with E-state index >= 15 is 0 Å². The molecule has 0 unspecified atom stereocenters. The average Bonchev–Trinajstić information content (AvgIpc) is 2.53. The van der Waals surface area contributed by atoms with Crippen molar-refractivity contribution in [1.82, 2.24) is 20.4 Å². The molecule has 0 bridgehead atoms. The molecule has 0 aromatic carbocycles. The molecule has 7 nitrogen and oxygen atoms in total. The second kappa shape index (κ2) is 9.72. The average molecular weight is 327 g/mol. The highest BCUT2D eigenvalue weighted by Crippen LogP contribution is 2.07. The van der Waals surface area contributed by atoms with E-state index < -0.39 is 0 Å². The third-order valence-electron chi connectivity index (χ3n) is 4.05. The van der Waals surface area contributed by atoms with Gasteiger partial charge in [0.25, 0.3) is 0 Å². The summed E-state index contributed by atoms with van der Waals surface area (Å²) < 4.78 is 5.39. The second-order valence-corrected chi connectivity index (χ2v) is 6.43. The first-order valence-electron chi connectivity index (χ1n) is 8.43. The molecule has 1 rings (SSSR count). The zero-order chi connectivity index (χ0) is 17.3. The summed E-state index contributed by atoms with van der Waals surface area (Å²) in [6.07, 6.45) is 0. The number of ether oxygens (including phenoxy) is 1. The highest BCUT2D eigenvalue weighted by molar-refractivity contribution is 5.79. The zero-order valence-electron chi connectivity index (χ0n) is 15.3. The molecule has 1 amide bonds. The van der Waals surface area contributed by atoms with Crippen LogP contribution in [-0.2, 0) is 9.53 Å². The van der Waals surface area contributed by atoms with Gasteiger partial charge in [-0.3, -0.25) is 14.7 Å². The summed E-state index contributed by atoms with van der Waals surface area (Å²) in [6.45, 7) is 14.5. The zero-order valence-corrected chi connectivity index (χ0v) is 15.3. The highest BCUT2D eigenvalue weighted by atomic mass is 16.5. The van der Waals surface area contributed by atoms with Crippen LogP contribution < -0.4 is 10.6 Å². The van der Waals surface area contributed by atoms with Crippen molar-refractivity contribution in [2.75, 3.05) is 59.5 Å². The predicted octanol–water partition coefficient (Wildman–Crippen LogP) is 0.131. The number of hydrogen-bond acceptors (Lipinski definition) is 4. The van der Waals surface area contributed by atoms with Crippen LogP contribution in [0, 0.1) is 0 Å². The van der Waals surface area contributed by atoms with Crippen molar-refractivity contribution in [3.05, 3.63) is 0 Å². The van der Waals surface area contributed by atoms with Gasteiger partial charge in [0.2, 0.25) is 5.91 Å². The van der Waals surface area contributed by atoms with Crippen molar-refractivity contribution in [1.29, 1.82) is 0 Å². The Morgan fingerprint density at radius 3 is 2.39 bits per heavy atom. The monoisotopic (exact) mass is 327 g/mol. The van der Waals surface area contributed by atoms with Crippen molar-refractivity contribution in [3.8, 4) is 0 Å². The molecule has 134 valence electrons. The van der Waals surface area contributed by atoms with E-state index in [9.17, 15) is 4.79 Å². The summed E-state index contributed by atoms with van der Waals surface area (Å²) in [6, 6.07) is 0. The SMILES string of the molecule is CCNC(=NCC(C)(C)OC)NCCN1CCN(C(C)=O)CC1. The molecular formula is C16H33N5O2. The van der Waals surface area contributed by atoms with Gasteiger partial charge in [0.05, 0.1) is 12.1 Å². The lowest BCUT2D eigenvalue weighted by Gasteiger charge is -2.34. The summed E-state index contributed by atoms with van der Waals surface area (Å²) in [5.74, 6) is 0.991. The summed E-state index contributed by atoms with van der Waals surface area (Å²) in [7, 11) is 1.70. The highest BCUT2D eigenvalue weighted by Gasteiger charge is 2.18. The number of nitrogens with one attached hydrogen (secondary N) is 2. The first kappa shape index (κ1) is 19.7. The largest absolute Gasteiger partial charge is 0.377 e. The van der Waals surface area contributed by atoms with Crippen molar-refractivity contribution in [2.24, 2.45) is 4.99 Å².